The van der Waals surface area contributed by atoms with Gasteiger partial charge in [-0.05, 0) is 38.5 Å². The molecule has 3 rings (SSSR count). The average Bonchev–Trinajstić information content (AvgIpc) is 3.33. The number of para-hydroxylation sites is 1. The largest absolute Gasteiger partial charge is 0.352 e. The highest BCUT2D eigenvalue weighted by Gasteiger charge is 2.24. The number of nitrogens with zero attached hydrogens (tertiary/aromatic N) is 4. The molecule has 0 radical (unpaired) electrons. The van der Waals surface area contributed by atoms with Crippen molar-refractivity contribution in [2.75, 3.05) is 12.8 Å². The third-order valence-electron chi connectivity index (χ3n) is 5.14. The van der Waals surface area contributed by atoms with Gasteiger partial charge in [0.15, 0.2) is 5.16 Å². The Hall–Kier alpha value is -2.42. The standard InChI is InChI=1S/C19H25N5O3S/c1-13-7-5-10-15(17(13)24(26)27)18(25)20-12-6-11-16-21-22-19(28-2)23(16)14-8-3-4-9-14/h5,7,10,14H,3-4,6,8-9,11-12H2,1-2H3,(H,20,25). The molecule has 0 aliphatic heterocycles. The number of carbonyl (C=O) groups excluding carboxylic acids is 1. The fourth-order valence-electron chi connectivity index (χ4n) is 3.77. The molecule has 0 spiro atoms. The Morgan fingerprint density at radius 1 is 1.36 bits per heavy atom. The molecule has 0 bridgehead atoms. The van der Waals surface area contributed by atoms with E-state index < -0.39 is 10.8 Å². The van der Waals surface area contributed by atoms with E-state index in [1.54, 1.807) is 30.8 Å². The lowest BCUT2D eigenvalue weighted by Crippen LogP contribution is -2.26. The van der Waals surface area contributed by atoms with Gasteiger partial charge in [-0.3, -0.25) is 14.9 Å². The van der Waals surface area contributed by atoms with Crippen molar-refractivity contribution in [3.63, 3.8) is 0 Å². The van der Waals surface area contributed by atoms with E-state index in [2.05, 4.69) is 20.1 Å². The highest BCUT2D eigenvalue weighted by molar-refractivity contribution is 7.98. The van der Waals surface area contributed by atoms with Gasteiger partial charge >= 0.3 is 0 Å². The van der Waals surface area contributed by atoms with Gasteiger partial charge in [0.2, 0.25) is 0 Å². The van der Waals surface area contributed by atoms with Gasteiger partial charge in [0.05, 0.1) is 4.92 Å². The topological polar surface area (TPSA) is 103 Å². The zero-order chi connectivity index (χ0) is 20.1. The summed E-state index contributed by atoms with van der Waals surface area (Å²) >= 11 is 1.61. The molecule has 1 amide bonds. The van der Waals surface area contributed by atoms with Crippen LogP contribution in [0.3, 0.4) is 0 Å². The number of nitro benzene ring substituents is 1. The Labute approximate surface area is 168 Å². The van der Waals surface area contributed by atoms with Crippen molar-refractivity contribution in [3.05, 3.63) is 45.3 Å². The van der Waals surface area contributed by atoms with E-state index in [0.29, 0.717) is 31.0 Å². The first-order chi connectivity index (χ1) is 13.5. The maximum absolute atomic E-state index is 12.4. The van der Waals surface area contributed by atoms with Crippen molar-refractivity contribution >= 4 is 23.4 Å². The summed E-state index contributed by atoms with van der Waals surface area (Å²) in [6, 6.07) is 5.25. The molecule has 28 heavy (non-hydrogen) atoms. The van der Waals surface area contributed by atoms with Crippen LogP contribution >= 0.6 is 11.8 Å². The normalized spacial score (nSPS) is 14.4. The summed E-state index contributed by atoms with van der Waals surface area (Å²) < 4.78 is 2.25. The maximum Gasteiger partial charge on any atom is 0.285 e. The van der Waals surface area contributed by atoms with Crippen LogP contribution in [0, 0.1) is 17.0 Å². The van der Waals surface area contributed by atoms with Crippen molar-refractivity contribution in [1.29, 1.82) is 0 Å². The number of carbonyl (C=O) groups is 1. The first-order valence-electron chi connectivity index (χ1n) is 9.53. The molecule has 1 aromatic carbocycles. The Morgan fingerprint density at radius 2 is 2.11 bits per heavy atom. The zero-order valence-corrected chi connectivity index (χ0v) is 17.0. The van der Waals surface area contributed by atoms with Crippen LogP contribution in [0.1, 0.15) is 59.9 Å². The van der Waals surface area contributed by atoms with Crippen LogP contribution in [-0.4, -0.2) is 38.4 Å². The number of nitro groups is 1. The SMILES string of the molecule is CSc1nnc(CCCNC(=O)c2cccc(C)c2[N+](=O)[O-])n1C1CCCC1. The minimum Gasteiger partial charge on any atom is -0.352 e. The van der Waals surface area contributed by atoms with Crippen molar-refractivity contribution in [1.82, 2.24) is 20.1 Å². The number of amides is 1. The summed E-state index contributed by atoms with van der Waals surface area (Å²) in [5, 5.41) is 23.6. The molecule has 1 aliphatic rings. The fraction of sp³-hybridized carbons (Fsp3) is 0.526. The van der Waals surface area contributed by atoms with E-state index in [0.717, 1.165) is 23.8 Å². The van der Waals surface area contributed by atoms with Gasteiger partial charge < -0.3 is 9.88 Å². The van der Waals surface area contributed by atoms with E-state index >= 15 is 0 Å². The number of aromatic nitrogens is 3. The molecule has 1 aromatic heterocycles. The summed E-state index contributed by atoms with van der Waals surface area (Å²) in [4.78, 5) is 23.2. The fourth-order valence-corrected chi connectivity index (χ4v) is 4.35. The number of rotatable bonds is 8. The molecule has 1 N–H and O–H groups in total. The predicted molar refractivity (Wildman–Crippen MR) is 108 cm³/mol. The average molecular weight is 404 g/mol. The van der Waals surface area contributed by atoms with Crippen LogP contribution in [0.5, 0.6) is 0 Å². The van der Waals surface area contributed by atoms with Crippen LogP contribution in [0.25, 0.3) is 0 Å². The monoisotopic (exact) mass is 403 g/mol. The number of benzene rings is 1. The number of nitrogens with one attached hydrogen (secondary N) is 1. The van der Waals surface area contributed by atoms with E-state index in [4.69, 9.17) is 0 Å². The van der Waals surface area contributed by atoms with Gasteiger partial charge in [0.1, 0.15) is 11.4 Å². The quantitative estimate of drug-likeness (QED) is 0.312. The van der Waals surface area contributed by atoms with Crippen LogP contribution in [0.2, 0.25) is 0 Å². The highest BCUT2D eigenvalue weighted by atomic mass is 32.2. The molecule has 0 atom stereocenters. The maximum atomic E-state index is 12.4. The van der Waals surface area contributed by atoms with Gasteiger partial charge in [-0.25, -0.2) is 0 Å². The second-order valence-corrected chi connectivity index (χ2v) is 7.77. The second-order valence-electron chi connectivity index (χ2n) is 7.00. The lowest BCUT2D eigenvalue weighted by atomic mass is 10.1. The Bertz CT molecular complexity index is 861. The van der Waals surface area contributed by atoms with Crippen LogP contribution in [0.15, 0.2) is 23.4 Å². The van der Waals surface area contributed by atoms with Crippen LogP contribution in [-0.2, 0) is 6.42 Å². The molecular weight excluding hydrogens is 378 g/mol. The lowest BCUT2D eigenvalue weighted by Gasteiger charge is -2.16. The third-order valence-corrected chi connectivity index (χ3v) is 5.78. The molecule has 1 aliphatic carbocycles. The van der Waals surface area contributed by atoms with Crippen LogP contribution in [0.4, 0.5) is 5.69 Å². The van der Waals surface area contributed by atoms with E-state index in [-0.39, 0.29) is 11.3 Å². The number of hydrogen-bond donors (Lipinski definition) is 1. The van der Waals surface area contributed by atoms with Gasteiger partial charge in [-0.1, -0.05) is 36.7 Å². The van der Waals surface area contributed by atoms with Crippen molar-refractivity contribution in [2.24, 2.45) is 0 Å². The van der Waals surface area contributed by atoms with E-state index in [1.165, 1.54) is 18.9 Å². The molecular formula is C19H25N5O3S. The first-order valence-corrected chi connectivity index (χ1v) is 10.8. The Balaban J connectivity index is 1.60. The van der Waals surface area contributed by atoms with E-state index in [9.17, 15) is 14.9 Å². The minimum atomic E-state index is -0.502. The van der Waals surface area contributed by atoms with Crippen molar-refractivity contribution < 1.29 is 9.72 Å². The lowest BCUT2D eigenvalue weighted by molar-refractivity contribution is -0.385. The van der Waals surface area contributed by atoms with Gasteiger partial charge in [0.25, 0.3) is 11.6 Å². The summed E-state index contributed by atoms with van der Waals surface area (Å²) in [5.74, 6) is 0.532. The van der Waals surface area contributed by atoms with Crippen molar-refractivity contribution in [3.8, 4) is 0 Å². The third kappa shape index (κ3) is 4.35. The predicted octanol–water partition coefficient (Wildman–Crippen LogP) is 3.69. The molecule has 150 valence electrons. The Morgan fingerprint density at radius 3 is 2.79 bits per heavy atom. The summed E-state index contributed by atoms with van der Waals surface area (Å²) in [6.45, 7) is 2.06. The smallest absolute Gasteiger partial charge is 0.285 e. The molecule has 2 aromatic rings. The van der Waals surface area contributed by atoms with Gasteiger partial charge in [-0.2, -0.15) is 0 Å². The molecule has 0 unspecified atom stereocenters. The molecule has 8 nitrogen and oxygen atoms in total. The molecule has 1 fully saturated rings. The minimum absolute atomic E-state index is 0.101. The molecule has 0 saturated heterocycles. The molecule has 1 saturated carbocycles. The van der Waals surface area contributed by atoms with Crippen molar-refractivity contribution in [2.45, 2.75) is 56.6 Å². The summed E-state index contributed by atoms with van der Waals surface area (Å²) in [5.41, 5.74) is 0.446. The van der Waals surface area contributed by atoms with E-state index in [1.807, 2.05) is 6.26 Å². The zero-order valence-electron chi connectivity index (χ0n) is 16.2. The Kier molecular flexibility index (Phi) is 6.66. The summed E-state index contributed by atoms with van der Waals surface area (Å²) in [7, 11) is 0. The molecule has 9 heteroatoms. The summed E-state index contributed by atoms with van der Waals surface area (Å²) in [6.07, 6.45) is 8.21. The highest BCUT2D eigenvalue weighted by Crippen LogP contribution is 2.33. The number of hydrogen-bond acceptors (Lipinski definition) is 6. The second kappa shape index (κ2) is 9.18. The number of aryl methyl sites for hydroxylation is 2. The van der Waals surface area contributed by atoms with Gasteiger partial charge in [-0.15, -0.1) is 10.2 Å². The number of thioether (sulfide) groups is 1. The van der Waals surface area contributed by atoms with Gasteiger partial charge in [0, 0.05) is 24.6 Å². The first kappa shape index (κ1) is 20.3. The molecule has 1 heterocycles. The van der Waals surface area contributed by atoms with Crippen LogP contribution < -0.4 is 5.32 Å².